The molecule has 0 spiro atoms. The molecule has 0 saturated heterocycles. The van der Waals surface area contributed by atoms with Gasteiger partial charge in [0.25, 0.3) is 0 Å². The molecule has 0 radical (unpaired) electrons. The average molecular weight is 958 g/mol. The van der Waals surface area contributed by atoms with Crippen LogP contribution in [0.15, 0.2) is 4.99 Å². The molecule has 0 saturated carbocycles. The molecule has 0 bridgehead atoms. The third-order valence-electron chi connectivity index (χ3n) is 9.74. The molecular weight excluding hydrogens is 887 g/mol. The predicted molar refractivity (Wildman–Crippen MR) is 239 cm³/mol. The predicted octanol–water partition coefficient (Wildman–Crippen LogP) is -5.25. The normalized spacial score (nSPS) is 14.4. The van der Waals surface area contributed by atoms with Gasteiger partial charge in [0.1, 0.15) is 48.3 Å². The molecule has 0 aromatic carbocycles. The number of amides is 9. The van der Waals surface area contributed by atoms with Crippen molar-refractivity contribution in [2.75, 3.05) is 19.7 Å². The van der Waals surface area contributed by atoms with Gasteiger partial charge in [0.15, 0.2) is 5.96 Å². The second-order valence-corrected chi connectivity index (χ2v) is 16.1. The first-order valence-electron chi connectivity index (χ1n) is 21.9. The van der Waals surface area contributed by atoms with Crippen molar-refractivity contribution in [3.8, 4) is 0 Å². The highest BCUT2D eigenvalue weighted by Gasteiger charge is 2.34. The first-order chi connectivity index (χ1) is 31.4. The number of unbranched alkanes of at least 4 members (excludes halogenated alkanes) is 1. The number of nitrogens with two attached hydrogens (primary N) is 4. The third-order valence-corrected chi connectivity index (χ3v) is 9.74. The number of rotatable bonds is 34. The lowest BCUT2D eigenvalue weighted by molar-refractivity contribution is -0.142. The summed E-state index contributed by atoms with van der Waals surface area (Å²) < 4.78 is 0. The second-order valence-electron chi connectivity index (χ2n) is 16.1. The zero-order valence-corrected chi connectivity index (χ0v) is 38.7. The number of carbonyl (C=O) groups excluding carboxylic acids is 9. The van der Waals surface area contributed by atoms with Crippen molar-refractivity contribution < 1.29 is 68.1 Å². The molecule has 27 heteroatoms. The number of aliphatic imine (C=N–C) groups is 1. The molecule has 9 amide bonds. The van der Waals surface area contributed by atoms with Gasteiger partial charge in [0, 0.05) is 26.3 Å². The zero-order valence-electron chi connectivity index (χ0n) is 38.7. The van der Waals surface area contributed by atoms with Gasteiger partial charge in [0.2, 0.25) is 53.2 Å². The number of carboxylic acids is 2. The number of primary amides is 1. The molecule has 380 valence electrons. The number of nitrogens with one attached hydrogen (secondary N) is 8. The molecule has 19 N–H and O–H groups in total. The first-order valence-corrected chi connectivity index (χ1v) is 21.9. The van der Waals surface area contributed by atoms with Crippen molar-refractivity contribution in [2.45, 2.75) is 154 Å². The fourth-order valence-corrected chi connectivity index (χ4v) is 6.15. The number of hydrogen-bond donors (Lipinski definition) is 15. The largest absolute Gasteiger partial charge is 0.481 e. The molecule has 8 atom stereocenters. The summed E-state index contributed by atoms with van der Waals surface area (Å²) in [6, 6.07) is -11.3. The summed E-state index contributed by atoms with van der Waals surface area (Å²) in [4.78, 5) is 144. The topological polar surface area (TPSA) is 461 Å². The van der Waals surface area contributed by atoms with Crippen molar-refractivity contribution in [3.05, 3.63) is 0 Å². The van der Waals surface area contributed by atoms with Gasteiger partial charge in [-0.1, -0.05) is 20.8 Å². The van der Waals surface area contributed by atoms with Crippen molar-refractivity contribution in [1.82, 2.24) is 42.5 Å². The van der Waals surface area contributed by atoms with Gasteiger partial charge in [-0.05, 0) is 77.2 Å². The van der Waals surface area contributed by atoms with E-state index in [1.807, 2.05) is 0 Å². The Morgan fingerprint density at radius 1 is 0.537 bits per heavy atom. The van der Waals surface area contributed by atoms with Crippen LogP contribution in [0.2, 0.25) is 0 Å². The highest BCUT2D eigenvalue weighted by atomic mass is 16.4. The molecule has 0 aliphatic rings. The number of aliphatic hydroxyl groups is 1. The van der Waals surface area contributed by atoms with Crippen LogP contribution >= 0.6 is 0 Å². The Kier molecular flexibility index (Phi) is 28.9. The van der Waals surface area contributed by atoms with Crippen LogP contribution < -0.4 is 65.5 Å². The minimum Gasteiger partial charge on any atom is -0.481 e. The maximum Gasteiger partial charge on any atom is 0.326 e. The van der Waals surface area contributed by atoms with E-state index in [2.05, 4.69) is 47.5 Å². The summed E-state index contributed by atoms with van der Waals surface area (Å²) in [6.07, 6.45) is -1.16. The lowest BCUT2D eigenvalue weighted by Crippen LogP contribution is -2.60. The van der Waals surface area contributed by atoms with Crippen LogP contribution in [-0.2, 0) is 52.7 Å². The Morgan fingerprint density at radius 3 is 1.45 bits per heavy atom. The molecule has 67 heavy (non-hydrogen) atoms. The minimum atomic E-state index is -1.60. The highest BCUT2D eigenvalue weighted by molar-refractivity contribution is 5.98. The molecule has 27 nitrogen and oxygen atoms in total. The van der Waals surface area contributed by atoms with E-state index in [-0.39, 0.29) is 69.9 Å². The molecule has 0 unspecified atom stereocenters. The van der Waals surface area contributed by atoms with Gasteiger partial charge in [-0.15, -0.1) is 0 Å². The van der Waals surface area contributed by atoms with E-state index < -0.39 is 133 Å². The quantitative estimate of drug-likeness (QED) is 0.0163. The summed E-state index contributed by atoms with van der Waals surface area (Å²) in [5.41, 5.74) is 21.6. The number of aliphatic hydroxyl groups excluding tert-OH is 1. The third kappa shape index (κ3) is 25.6. The average Bonchev–Trinajstić information content (AvgIpc) is 3.23. The van der Waals surface area contributed by atoms with Crippen LogP contribution in [0.1, 0.15) is 105 Å². The van der Waals surface area contributed by atoms with Crippen molar-refractivity contribution in [1.29, 1.82) is 0 Å². The lowest BCUT2D eigenvalue weighted by Gasteiger charge is -2.28. The van der Waals surface area contributed by atoms with Crippen LogP contribution in [0.4, 0.5) is 0 Å². The maximum absolute atomic E-state index is 14.0. The SMILES string of the molecule is CC[C@H](NC(=O)[C@H](CCCN=C(N)N)NC(=O)[C@H](CC(C)C)NC(=O)[C@H](CCC(=O)O)NC(=O)[C@H](CCCCN)NC(=O)[C@H](C)NC(=O)[C@H](CO)NC(C)=O)C(=O)N[C@@H](CCC(N)=O)C(=O)O. The Hall–Kier alpha value is -6.64. The van der Waals surface area contributed by atoms with Crippen LogP contribution in [0, 0.1) is 5.92 Å². The number of hydrogen-bond acceptors (Lipinski definition) is 14. The van der Waals surface area contributed by atoms with E-state index in [9.17, 15) is 68.1 Å². The molecule has 0 rings (SSSR count). The van der Waals surface area contributed by atoms with Gasteiger partial charge in [0.05, 0.1) is 6.61 Å². The van der Waals surface area contributed by atoms with Gasteiger partial charge in [-0.3, -0.25) is 52.9 Å². The van der Waals surface area contributed by atoms with Crippen LogP contribution in [-0.4, -0.2) is 154 Å². The monoisotopic (exact) mass is 958 g/mol. The van der Waals surface area contributed by atoms with E-state index in [0.29, 0.717) is 12.8 Å². The zero-order chi connectivity index (χ0) is 51.4. The van der Waals surface area contributed by atoms with E-state index in [1.54, 1.807) is 13.8 Å². The minimum absolute atomic E-state index is 0.0148. The molecular formula is C40H71N13O14. The molecule has 0 aromatic rings. The molecule has 0 aliphatic heterocycles. The Labute approximate surface area is 388 Å². The highest BCUT2D eigenvalue weighted by Crippen LogP contribution is 2.11. The fraction of sp³-hybridized carbons (Fsp3) is 0.700. The summed E-state index contributed by atoms with van der Waals surface area (Å²) in [5.74, 6) is -11.1. The van der Waals surface area contributed by atoms with Crippen molar-refractivity contribution in [3.63, 3.8) is 0 Å². The van der Waals surface area contributed by atoms with Gasteiger partial charge >= 0.3 is 11.9 Å². The number of carboxylic acid groups (broad SMARTS) is 2. The Balaban J connectivity index is 6.55. The molecule has 0 fully saturated rings. The van der Waals surface area contributed by atoms with E-state index in [4.69, 9.17) is 22.9 Å². The van der Waals surface area contributed by atoms with Crippen LogP contribution in [0.5, 0.6) is 0 Å². The van der Waals surface area contributed by atoms with Gasteiger partial charge in [-0.25, -0.2) is 4.79 Å². The maximum atomic E-state index is 14.0. The van der Waals surface area contributed by atoms with Gasteiger partial charge in [-0.2, -0.15) is 0 Å². The molecule has 0 aromatic heterocycles. The summed E-state index contributed by atoms with van der Waals surface area (Å²) in [5, 5.41) is 47.9. The molecule has 0 aliphatic carbocycles. The Bertz CT molecular complexity index is 1740. The number of nitrogens with zero attached hydrogens (tertiary/aromatic N) is 1. The fourth-order valence-electron chi connectivity index (χ4n) is 6.15. The van der Waals surface area contributed by atoms with Crippen LogP contribution in [0.3, 0.4) is 0 Å². The first kappa shape index (κ1) is 60.4. The van der Waals surface area contributed by atoms with Crippen molar-refractivity contribution in [2.24, 2.45) is 33.8 Å². The number of aliphatic carboxylic acids is 2. The number of guanidine groups is 1. The van der Waals surface area contributed by atoms with E-state index in [0.717, 1.165) is 6.92 Å². The number of carbonyl (C=O) groups is 11. The summed E-state index contributed by atoms with van der Waals surface area (Å²) in [6.45, 7) is 6.81. The van der Waals surface area contributed by atoms with E-state index >= 15 is 0 Å². The Morgan fingerprint density at radius 2 is 0.985 bits per heavy atom. The second kappa shape index (κ2) is 32.1. The van der Waals surface area contributed by atoms with E-state index in [1.165, 1.54) is 13.8 Å². The summed E-state index contributed by atoms with van der Waals surface area (Å²) >= 11 is 0. The lowest BCUT2D eigenvalue weighted by atomic mass is 10.0. The molecule has 0 heterocycles. The standard InChI is InChI=1S/C40H71N13O14/c1-6-23(33(60)52-27(39(66)67)12-14-30(42)56)48-34(61)25(11-9-17-45-40(43)44)50-37(64)28(18-20(2)3)53-36(63)26(13-15-31(57)58)51-35(62)24(10-7-8-16-41)49-32(59)21(4)46-38(65)29(19-54)47-22(5)55/h20-21,23-29,54H,6-19,41H2,1-5H3,(H2,42,56)(H,46,65)(H,47,55)(H,48,61)(H,49,59)(H,50,64)(H,51,62)(H,52,60)(H,53,63)(H,57,58)(H,66,67)(H4,43,44,45)/t21-,23-,24-,25-,26-,27-,28-,29-/m0/s1. The van der Waals surface area contributed by atoms with Gasteiger partial charge < -0.3 is 80.8 Å². The van der Waals surface area contributed by atoms with Crippen LogP contribution in [0.25, 0.3) is 0 Å². The van der Waals surface area contributed by atoms with Crippen molar-refractivity contribution >= 4 is 71.1 Å². The smallest absolute Gasteiger partial charge is 0.326 e. The summed E-state index contributed by atoms with van der Waals surface area (Å²) in [7, 11) is 0.